The normalized spacial score (nSPS) is 45.5. The van der Waals surface area contributed by atoms with Crippen LogP contribution in [0.15, 0.2) is 0 Å². The highest BCUT2D eigenvalue weighted by Crippen LogP contribution is 2.44. The van der Waals surface area contributed by atoms with E-state index in [2.05, 4.69) is 30.8 Å². The van der Waals surface area contributed by atoms with Gasteiger partial charge in [-0.2, -0.15) is 8.42 Å². The van der Waals surface area contributed by atoms with E-state index in [4.69, 9.17) is 90.0 Å². The molecule has 0 aromatic carbocycles. The first-order valence-corrected chi connectivity index (χ1v) is 45.3. The summed E-state index contributed by atoms with van der Waals surface area (Å²) in [5, 5.41) is 338. The van der Waals surface area contributed by atoms with Crippen LogP contribution < -0.4 is 26.6 Å². The summed E-state index contributed by atoms with van der Waals surface area (Å²) in [6.45, 7) is -6.08. The average molecular weight is 2080 g/mol. The van der Waals surface area contributed by atoms with Crippen molar-refractivity contribution >= 4 is 51.9 Å². The summed E-state index contributed by atoms with van der Waals surface area (Å²) < 4.78 is 151. The fourth-order valence-electron chi connectivity index (χ4n) is 17.7. The molecular weight excluding hydrogens is 1960 g/mol. The highest BCUT2D eigenvalue weighted by Gasteiger charge is 2.66. The molecule has 10 saturated heterocycles. The van der Waals surface area contributed by atoms with E-state index in [-0.39, 0.29) is 0 Å². The highest BCUT2D eigenvalue weighted by molar-refractivity contribution is 7.80. The topological polar surface area (TPSA) is 1010 Å². The predicted octanol–water partition coefficient (Wildman–Crippen LogP) is -22.8. The lowest BCUT2D eigenvalue weighted by atomic mass is 9.87. The molecule has 0 spiro atoms. The molecule has 10 heterocycles. The van der Waals surface area contributed by atoms with E-state index in [1.165, 1.54) is 6.92 Å². The average Bonchev–Trinajstić information content (AvgIpc) is 0.757. The summed E-state index contributed by atoms with van der Waals surface area (Å²) in [5.74, 6) is -16.9. The lowest BCUT2D eigenvalue weighted by Crippen LogP contribution is -2.72. The minimum atomic E-state index is -5.76. The van der Waals surface area contributed by atoms with Gasteiger partial charge in [-0.25, -0.2) is 13.8 Å². The zero-order valence-electron chi connectivity index (χ0n) is 75.3. The first-order chi connectivity index (χ1) is 66.0. The number of aliphatic hydroxyl groups is 27. The van der Waals surface area contributed by atoms with Crippen LogP contribution in [0, 0.1) is 0 Å². The van der Waals surface area contributed by atoms with Gasteiger partial charge < -0.3 is 265 Å². The van der Waals surface area contributed by atoms with Gasteiger partial charge in [0.1, 0.15) is 226 Å². The van der Waals surface area contributed by atoms with E-state index < -0.39 is 442 Å². The van der Waals surface area contributed by atoms with E-state index in [1.54, 1.807) is 0 Å². The van der Waals surface area contributed by atoms with Gasteiger partial charge in [0, 0.05) is 47.5 Å². The minimum Gasteiger partial charge on any atom is -0.477 e. The zero-order chi connectivity index (χ0) is 105. The first kappa shape index (κ1) is 117. The molecule has 10 fully saturated rings. The van der Waals surface area contributed by atoms with Crippen LogP contribution in [0.2, 0.25) is 0 Å². The van der Waals surface area contributed by atoms with E-state index in [9.17, 15) is 195 Å². The summed E-state index contributed by atoms with van der Waals surface area (Å²) in [7, 11) is -5.76. The molecule has 5 amide bonds. The van der Waals surface area contributed by atoms with Crippen LogP contribution >= 0.6 is 0 Å². The van der Waals surface area contributed by atoms with Crippen LogP contribution in [-0.2, 0) is 138 Å². The third-order valence-corrected chi connectivity index (χ3v) is 25.4. The van der Waals surface area contributed by atoms with Gasteiger partial charge in [0.2, 0.25) is 29.5 Å². The van der Waals surface area contributed by atoms with Crippen molar-refractivity contribution in [3.63, 3.8) is 0 Å². The Kier molecular flexibility index (Phi) is 41.3. The Balaban J connectivity index is 0.951. The Morgan fingerprint density at radius 3 is 1.21 bits per heavy atom. The van der Waals surface area contributed by atoms with Crippen LogP contribution in [0.1, 0.15) is 54.4 Å². The number of carboxylic acid groups (broad SMARTS) is 2. The number of carboxylic acids is 2. The quantitative estimate of drug-likeness (QED) is 0.0253. The molecule has 814 valence electrons. The number of rotatable bonds is 40. The summed E-state index contributed by atoms with van der Waals surface area (Å²) in [5.41, 5.74) is 0. The van der Waals surface area contributed by atoms with Crippen molar-refractivity contribution in [3.05, 3.63) is 0 Å². The molecule has 0 aromatic rings. The lowest BCUT2D eigenvalue weighted by Gasteiger charge is -2.52. The minimum absolute atomic E-state index is 0.756. The Bertz CT molecular complexity index is 4190. The maximum atomic E-state index is 13.9. The molecular formula is C76H125N5O59S. The van der Waals surface area contributed by atoms with Crippen LogP contribution in [0.25, 0.3) is 0 Å². The predicted molar refractivity (Wildman–Crippen MR) is 431 cm³/mol. The summed E-state index contributed by atoms with van der Waals surface area (Å²) in [6.07, 6.45) is -106. The maximum Gasteiger partial charge on any atom is 0.397 e. The number of aliphatic hydroxyl groups excluding tert-OH is 27. The maximum absolute atomic E-state index is 13.9. The molecule has 10 aliphatic rings. The van der Waals surface area contributed by atoms with E-state index in [0.29, 0.717) is 0 Å². The molecule has 0 radical (unpaired) electrons. The molecule has 0 aliphatic carbocycles. The van der Waals surface area contributed by atoms with Crippen LogP contribution in [0.5, 0.6) is 0 Å². The van der Waals surface area contributed by atoms with Gasteiger partial charge in [-0.05, 0) is 6.92 Å². The van der Waals surface area contributed by atoms with E-state index >= 15 is 0 Å². The smallest absolute Gasteiger partial charge is 0.397 e. The van der Waals surface area contributed by atoms with Crippen molar-refractivity contribution in [2.24, 2.45) is 0 Å². The Morgan fingerprint density at radius 2 is 0.723 bits per heavy atom. The van der Waals surface area contributed by atoms with Crippen LogP contribution in [0.3, 0.4) is 0 Å². The molecule has 0 saturated carbocycles. The lowest BCUT2D eigenvalue weighted by molar-refractivity contribution is -0.400. The van der Waals surface area contributed by atoms with Gasteiger partial charge in [0.15, 0.2) is 50.3 Å². The largest absolute Gasteiger partial charge is 0.477 e. The second-order valence-corrected chi connectivity index (χ2v) is 36.2. The highest BCUT2D eigenvalue weighted by atomic mass is 32.3. The molecule has 35 N–H and O–H groups in total. The second-order valence-electron chi connectivity index (χ2n) is 35.1. The number of aliphatic carboxylic acids is 2. The number of carbonyl (C=O) groups is 7. The molecule has 10 aliphatic heterocycles. The number of ether oxygens (including phenoxy) is 19. The number of amides is 5. The molecule has 0 bridgehead atoms. The van der Waals surface area contributed by atoms with Gasteiger partial charge in [-0.3, -0.25) is 28.5 Å². The molecule has 0 aromatic heterocycles. The summed E-state index contributed by atoms with van der Waals surface area (Å²) in [6, 6.07) is -10.2. The van der Waals surface area contributed by atoms with Crippen molar-refractivity contribution < 1.29 is 289 Å². The molecule has 10 rings (SSSR count). The van der Waals surface area contributed by atoms with Crippen LogP contribution in [-0.4, -0.2) is 580 Å². The van der Waals surface area contributed by atoms with Gasteiger partial charge in [-0.1, -0.05) is 0 Å². The molecule has 64 nitrogen and oxygen atoms in total. The van der Waals surface area contributed by atoms with Crippen molar-refractivity contribution in [1.82, 2.24) is 26.6 Å². The zero-order valence-corrected chi connectivity index (χ0v) is 76.1. The monoisotopic (exact) mass is 2080 g/mol. The first-order valence-electron chi connectivity index (χ1n) is 43.9. The van der Waals surface area contributed by atoms with E-state index in [0.717, 1.165) is 34.6 Å². The van der Waals surface area contributed by atoms with Crippen molar-refractivity contribution in [2.75, 3.05) is 59.5 Å². The standard InChI is InChI=1S/C76H125N5O59S/c1-18-40(96)50(106)53(109)68(124-18)122-16-33-58(47(103)37(65(113)125-33)79-21(4)90)132-66-38(80-22(5)91)48(104)57(31(14-87)129-66)133-70-55(111)62(46(102)32(130-70)15-121-69-54(110)51(107)42(98)27(10-83)126-69)135-72-64(52(108)43(99)28(11-84)128-72)136-67-39(81-23(6)92)49(105)59(34(131-67)17-123-141(118,119)120)134-71-56(112)63(44(100)29(12-85)127-71)140-76(74(116)117)8-25(94)36(78-20(3)89)61(139-76)45(101)30(13-86)137-75(73(114)115)7-24(93)35(77-19(2)88)60(138-75)41(97)26(95)9-82/h18,24-72,82-87,93-113H,7-17H2,1-6H3,(H,77,88)(H,78,89)(H,79,90)(H,80,91)(H,81,92)(H,114,115)(H,116,117)(H,118,119,120)/t18-,24-,25-,26+,27+,28+,29+,30+,31+,32+,33+,34+,35+,36+,37+,38+,39+,40+,41+,42+,43+,44-,45+,46+,47+,48+,49+,50+,51-,52-,53-,54-,55-,56+,57+,58+,59+,60+,61+,62-,63-,64-,65?,66-,67-,68+,69-,70-,71-,72+,75+,76-/m0/s1. The summed E-state index contributed by atoms with van der Waals surface area (Å²) >= 11 is 0. The number of carbonyl (C=O) groups excluding carboxylic acids is 5. The third kappa shape index (κ3) is 26.8. The van der Waals surface area contributed by atoms with Gasteiger partial charge >= 0.3 is 22.3 Å². The molecule has 141 heavy (non-hydrogen) atoms. The Hall–Kier alpha value is -5.68. The Morgan fingerprint density at radius 1 is 0.355 bits per heavy atom. The summed E-state index contributed by atoms with van der Waals surface area (Å²) in [4.78, 5) is 91.3. The Labute approximate surface area is 796 Å². The van der Waals surface area contributed by atoms with Gasteiger partial charge in [0.25, 0.3) is 11.6 Å². The van der Waals surface area contributed by atoms with Gasteiger partial charge in [0.05, 0.1) is 89.9 Å². The fraction of sp³-hybridized carbons (Fsp3) is 0.908. The second kappa shape index (κ2) is 49.6. The molecule has 1 unspecified atom stereocenters. The van der Waals surface area contributed by atoms with Gasteiger partial charge in [-0.15, -0.1) is 0 Å². The number of hydrogen-bond donors (Lipinski definition) is 35. The fourth-order valence-corrected chi connectivity index (χ4v) is 18.1. The van der Waals surface area contributed by atoms with Crippen LogP contribution in [0.4, 0.5) is 0 Å². The third-order valence-electron chi connectivity index (χ3n) is 25.0. The number of nitrogens with one attached hydrogen (secondary N) is 5. The number of hydrogen-bond acceptors (Lipinski definition) is 56. The van der Waals surface area contributed by atoms with E-state index in [1.807, 2.05) is 0 Å². The molecule has 52 atom stereocenters. The molecule has 65 heteroatoms. The van der Waals surface area contributed by atoms with Crippen molar-refractivity contribution in [1.29, 1.82) is 0 Å². The SMILES string of the molecule is CC(=O)N[C@H]1[C@H](O[C@H]2[C@H](O)[C@@H](NC(C)=O)C(O)O[C@@H]2CO[C@@H]2O[C@@H](C)[C@@H](O)[C@@H](O)[C@@H]2O)O[C@H](CO)[C@@H](O[C@@H]2O[C@H](CO[C@H]3O[C@H](CO)[C@@H](O)[C@H](O)[C@@H]3O)[C@@H](O)[C@H](O[C@H]3O[C@H](CO)[C@@H](O)[C@H](O)[C@@H]3O[C@@H]3O[C@H](COS(=O)(=O)O)[C@@H](O[C@@H]4O[C@H](CO)[C@H](O)[C@H](O[C@]5(C(=O)O)C[C@H](O)[C@@H](NC(C)=O)[C@H]([C@H](O)[C@@H](CO)O[C@]6(C(=O)O)C[C@H](O)[C@@H](NC(C)=O)[C@H]([C@H](O)[C@H](O)CO)O6)O5)[C@H]4O)[C@H](O)[C@H]3NC(C)=O)[C@@H]2O)[C@@H]1O. The van der Waals surface area contributed by atoms with Crippen molar-refractivity contribution in [3.8, 4) is 0 Å². The van der Waals surface area contributed by atoms with Crippen molar-refractivity contribution in [2.45, 2.75) is 372 Å².